The first kappa shape index (κ1) is 16.0. The number of carbonyl (C=O) groups excluding carboxylic acids is 1. The second-order valence-corrected chi connectivity index (χ2v) is 5.53. The zero-order valence-corrected chi connectivity index (χ0v) is 12.3. The lowest BCUT2D eigenvalue weighted by Crippen LogP contribution is -2.42. The molecule has 0 aliphatic rings. The second kappa shape index (κ2) is 8.13. The molecule has 1 unspecified atom stereocenters. The fourth-order valence-electron chi connectivity index (χ4n) is 2.05. The summed E-state index contributed by atoms with van der Waals surface area (Å²) in [6, 6.07) is 0.590. The molecule has 0 aromatic carbocycles. The molecule has 0 radical (unpaired) electrons. The summed E-state index contributed by atoms with van der Waals surface area (Å²) < 4.78 is 0. The number of hydrogen-bond acceptors (Lipinski definition) is 3. The highest BCUT2D eigenvalue weighted by atomic mass is 32.2. The quantitative estimate of drug-likeness (QED) is 0.582. The summed E-state index contributed by atoms with van der Waals surface area (Å²) in [5.41, 5.74) is -0.138. The molecule has 0 saturated heterocycles. The van der Waals surface area contributed by atoms with Crippen molar-refractivity contribution in [2.24, 2.45) is 5.41 Å². The van der Waals surface area contributed by atoms with Crippen LogP contribution < -0.4 is 0 Å². The van der Waals surface area contributed by atoms with Crippen molar-refractivity contribution in [2.45, 2.75) is 46.1 Å². The fourth-order valence-corrected chi connectivity index (χ4v) is 2.93. The molecular weight excluding hydrogens is 218 g/mol. The average Bonchev–Trinajstić information content (AvgIpc) is 2.33. The number of rotatable bonds is 9. The highest BCUT2D eigenvalue weighted by Crippen LogP contribution is 2.26. The van der Waals surface area contributed by atoms with Gasteiger partial charge in [-0.05, 0) is 32.6 Å². The van der Waals surface area contributed by atoms with Crippen LogP contribution in [-0.4, -0.2) is 42.8 Å². The van der Waals surface area contributed by atoms with Gasteiger partial charge in [0.25, 0.3) is 0 Å². The van der Waals surface area contributed by atoms with Crippen LogP contribution in [0.15, 0.2) is 0 Å². The van der Waals surface area contributed by atoms with Crippen molar-refractivity contribution in [3.05, 3.63) is 0 Å². The third-order valence-electron chi connectivity index (χ3n) is 3.68. The van der Waals surface area contributed by atoms with Crippen LogP contribution in [0.5, 0.6) is 0 Å². The van der Waals surface area contributed by atoms with E-state index in [1.165, 1.54) is 0 Å². The molecule has 0 fully saturated rings. The Balaban J connectivity index is 4.48. The van der Waals surface area contributed by atoms with E-state index in [1.54, 1.807) is 0 Å². The first-order valence-electron chi connectivity index (χ1n) is 6.24. The van der Waals surface area contributed by atoms with Gasteiger partial charge in [0.2, 0.25) is 0 Å². The molecule has 0 aromatic rings. The molecule has 2 nitrogen and oxygen atoms in total. The largest absolute Gasteiger partial charge is 0.303 e. The van der Waals surface area contributed by atoms with Crippen molar-refractivity contribution in [2.75, 3.05) is 25.6 Å². The topological polar surface area (TPSA) is 20.3 Å². The minimum atomic E-state index is -0.138. The summed E-state index contributed by atoms with van der Waals surface area (Å²) in [6.45, 7) is 7.34. The van der Waals surface area contributed by atoms with Crippen molar-refractivity contribution < 1.29 is 4.79 Å². The van der Waals surface area contributed by atoms with E-state index in [1.807, 2.05) is 11.8 Å². The van der Waals surface area contributed by atoms with Gasteiger partial charge in [0, 0.05) is 23.8 Å². The van der Waals surface area contributed by atoms with Crippen LogP contribution in [0.4, 0.5) is 0 Å². The Kier molecular flexibility index (Phi) is 8.12. The van der Waals surface area contributed by atoms with Crippen LogP contribution in [0.3, 0.4) is 0 Å². The van der Waals surface area contributed by atoms with E-state index in [4.69, 9.17) is 0 Å². The van der Waals surface area contributed by atoms with Gasteiger partial charge in [-0.3, -0.25) is 0 Å². The molecule has 1 atom stereocenters. The molecule has 16 heavy (non-hydrogen) atoms. The summed E-state index contributed by atoms with van der Waals surface area (Å²) in [7, 11) is 2.15. The third-order valence-corrected chi connectivity index (χ3v) is 4.39. The van der Waals surface area contributed by atoms with Gasteiger partial charge in [-0.25, -0.2) is 0 Å². The maximum Gasteiger partial charge on any atom is 0.127 e. The summed E-state index contributed by atoms with van der Waals surface area (Å²) in [5.74, 6) is 1.15. The van der Waals surface area contributed by atoms with Gasteiger partial charge in [-0.15, -0.1) is 0 Å². The normalized spacial score (nSPS) is 14.1. The third kappa shape index (κ3) is 4.46. The molecule has 0 aliphatic carbocycles. The minimum absolute atomic E-state index is 0.138. The molecule has 0 aromatic heterocycles. The van der Waals surface area contributed by atoms with Gasteiger partial charge < -0.3 is 9.69 Å². The monoisotopic (exact) mass is 245 g/mol. The van der Waals surface area contributed by atoms with E-state index in [0.717, 1.165) is 37.8 Å². The number of carbonyl (C=O) groups is 1. The zero-order chi connectivity index (χ0) is 12.6. The SMILES string of the molecule is CCC(CSC)N(C)CC(C=O)(CC)CC. The fraction of sp³-hybridized carbons (Fsp3) is 0.923. The van der Waals surface area contributed by atoms with Gasteiger partial charge >= 0.3 is 0 Å². The Hall–Kier alpha value is -0.0200. The lowest BCUT2D eigenvalue weighted by molar-refractivity contribution is -0.117. The summed E-state index contributed by atoms with van der Waals surface area (Å²) in [6.07, 6.45) is 6.33. The van der Waals surface area contributed by atoms with Crippen molar-refractivity contribution in [3.63, 3.8) is 0 Å². The average molecular weight is 245 g/mol. The molecule has 0 bridgehead atoms. The number of thioether (sulfide) groups is 1. The number of aldehydes is 1. The lowest BCUT2D eigenvalue weighted by Gasteiger charge is -2.35. The van der Waals surface area contributed by atoms with E-state index >= 15 is 0 Å². The lowest BCUT2D eigenvalue weighted by atomic mass is 9.83. The molecule has 0 aliphatic heterocycles. The Morgan fingerprint density at radius 1 is 1.31 bits per heavy atom. The molecule has 96 valence electrons. The minimum Gasteiger partial charge on any atom is -0.303 e. The van der Waals surface area contributed by atoms with Crippen molar-refractivity contribution in [3.8, 4) is 0 Å². The van der Waals surface area contributed by atoms with Crippen molar-refractivity contribution >= 4 is 18.0 Å². The Morgan fingerprint density at radius 2 is 1.88 bits per heavy atom. The summed E-state index contributed by atoms with van der Waals surface area (Å²) in [4.78, 5) is 13.6. The molecule has 0 heterocycles. The second-order valence-electron chi connectivity index (χ2n) is 4.62. The van der Waals surface area contributed by atoms with Crippen LogP contribution >= 0.6 is 11.8 Å². The molecule has 3 heteroatoms. The highest BCUT2D eigenvalue weighted by Gasteiger charge is 2.29. The molecular formula is C13H27NOS. The van der Waals surface area contributed by atoms with Crippen molar-refractivity contribution in [1.82, 2.24) is 4.90 Å². The standard InChI is InChI=1S/C13H27NOS/c1-6-12(9-16-5)14(4)10-13(7-2,8-3)11-15/h11-12H,6-10H2,1-5H3. The molecule has 0 amide bonds. The maximum atomic E-state index is 11.3. The first-order valence-corrected chi connectivity index (χ1v) is 7.64. The van der Waals surface area contributed by atoms with Crippen molar-refractivity contribution in [1.29, 1.82) is 0 Å². The molecule has 0 spiro atoms. The summed E-state index contributed by atoms with van der Waals surface area (Å²) in [5, 5.41) is 0. The maximum absolute atomic E-state index is 11.3. The van der Waals surface area contributed by atoms with Gasteiger partial charge in [0.15, 0.2) is 0 Å². The van der Waals surface area contributed by atoms with E-state index in [9.17, 15) is 4.79 Å². The van der Waals surface area contributed by atoms with Gasteiger partial charge in [0.05, 0.1) is 0 Å². The summed E-state index contributed by atoms with van der Waals surface area (Å²) >= 11 is 1.88. The predicted octanol–water partition coefficient (Wildman–Crippen LogP) is 3.07. The zero-order valence-electron chi connectivity index (χ0n) is 11.5. The molecule has 0 N–H and O–H groups in total. The van der Waals surface area contributed by atoms with E-state index < -0.39 is 0 Å². The first-order chi connectivity index (χ1) is 7.59. The van der Waals surface area contributed by atoms with Gasteiger partial charge in [-0.1, -0.05) is 20.8 Å². The Labute approximate surface area is 105 Å². The van der Waals surface area contributed by atoms with Crippen LogP contribution in [0.2, 0.25) is 0 Å². The van der Waals surface area contributed by atoms with Crippen LogP contribution in [-0.2, 0) is 4.79 Å². The highest BCUT2D eigenvalue weighted by molar-refractivity contribution is 7.98. The predicted molar refractivity (Wildman–Crippen MR) is 74.2 cm³/mol. The van der Waals surface area contributed by atoms with E-state index in [-0.39, 0.29) is 5.41 Å². The molecule has 0 saturated carbocycles. The van der Waals surface area contributed by atoms with Gasteiger partial charge in [-0.2, -0.15) is 11.8 Å². The van der Waals surface area contributed by atoms with E-state index in [2.05, 4.69) is 39.0 Å². The number of nitrogens with zero attached hydrogens (tertiary/aromatic N) is 1. The van der Waals surface area contributed by atoms with Crippen LogP contribution in [0, 0.1) is 5.41 Å². The van der Waals surface area contributed by atoms with Gasteiger partial charge in [0.1, 0.15) is 6.29 Å². The van der Waals surface area contributed by atoms with Crippen LogP contribution in [0.1, 0.15) is 40.0 Å². The smallest absolute Gasteiger partial charge is 0.127 e. The van der Waals surface area contributed by atoms with Crippen LogP contribution in [0.25, 0.3) is 0 Å². The number of hydrogen-bond donors (Lipinski definition) is 0. The Bertz CT molecular complexity index is 192. The molecule has 0 rings (SSSR count). The van der Waals surface area contributed by atoms with E-state index in [0.29, 0.717) is 6.04 Å². The Morgan fingerprint density at radius 3 is 2.19 bits per heavy atom.